The highest BCUT2D eigenvalue weighted by molar-refractivity contribution is 7.98. The number of amides is 3. The summed E-state index contributed by atoms with van der Waals surface area (Å²) < 4.78 is 4.39. The number of carboxylic acids is 1. The van der Waals surface area contributed by atoms with Crippen LogP contribution in [-0.2, 0) is 19.1 Å². The highest BCUT2D eigenvalue weighted by atomic mass is 35.5. The van der Waals surface area contributed by atoms with E-state index in [1.165, 1.54) is 17.8 Å². The van der Waals surface area contributed by atoms with Crippen molar-refractivity contribution < 1.29 is 29.0 Å². The van der Waals surface area contributed by atoms with Crippen molar-refractivity contribution in [3.05, 3.63) is 33.8 Å². The lowest BCUT2D eigenvalue weighted by Gasteiger charge is -2.31. The van der Waals surface area contributed by atoms with Gasteiger partial charge < -0.3 is 25.4 Å². The Morgan fingerprint density at radius 3 is 2.48 bits per heavy atom. The zero-order valence-electron chi connectivity index (χ0n) is 18.1. The van der Waals surface area contributed by atoms with Crippen LogP contribution in [-0.4, -0.2) is 72.9 Å². The first-order valence-corrected chi connectivity index (χ1v) is 12.0. The zero-order valence-corrected chi connectivity index (χ0v) is 20.4. The monoisotopic (exact) mass is 517 g/mol. The van der Waals surface area contributed by atoms with Gasteiger partial charge in [0.15, 0.2) is 0 Å². The fraction of sp³-hybridized carbons (Fsp3) is 0.429. The molecule has 1 aliphatic heterocycles. The number of hydrogen-bond donors (Lipinski definition) is 3. The molecule has 3 N–H and O–H groups in total. The van der Waals surface area contributed by atoms with Gasteiger partial charge in [-0.3, -0.25) is 9.59 Å². The quantitative estimate of drug-likeness (QED) is 0.357. The van der Waals surface area contributed by atoms with E-state index in [2.05, 4.69) is 15.4 Å². The number of aliphatic carboxylic acids is 1. The average molecular weight is 518 g/mol. The molecule has 1 aromatic carbocycles. The van der Waals surface area contributed by atoms with Crippen molar-refractivity contribution in [3.8, 4) is 0 Å². The molecule has 1 aromatic rings. The van der Waals surface area contributed by atoms with E-state index >= 15 is 0 Å². The molecular weight excluding hydrogens is 493 g/mol. The third-order valence-corrected chi connectivity index (χ3v) is 6.92. The summed E-state index contributed by atoms with van der Waals surface area (Å²) in [6.45, 7) is 0.388. The molecule has 0 saturated carbocycles. The molecule has 1 fully saturated rings. The van der Waals surface area contributed by atoms with Gasteiger partial charge in [-0.25, -0.2) is 9.59 Å². The van der Waals surface area contributed by atoms with Gasteiger partial charge in [-0.1, -0.05) is 29.3 Å². The highest BCUT2D eigenvalue weighted by Crippen LogP contribution is 2.35. The van der Waals surface area contributed by atoms with E-state index in [4.69, 9.17) is 23.2 Å². The molecule has 2 rings (SSSR count). The number of halogens is 2. The maximum absolute atomic E-state index is 12.5. The minimum Gasteiger partial charge on any atom is -0.480 e. The van der Waals surface area contributed by atoms with E-state index in [0.717, 1.165) is 12.0 Å². The van der Waals surface area contributed by atoms with Crippen LogP contribution >= 0.6 is 35.0 Å². The molecule has 1 aliphatic rings. The molecule has 0 radical (unpaired) electrons. The average Bonchev–Trinajstić information content (AvgIpc) is 2.81. The molecule has 0 bridgehead atoms. The summed E-state index contributed by atoms with van der Waals surface area (Å²) in [6.07, 6.45) is 4.88. The van der Waals surface area contributed by atoms with Gasteiger partial charge in [-0.05, 0) is 36.8 Å². The summed E-state index contributed by atoms with van der Waals surface area (Å²) in [5.74, 6) is -2.38. The topological polar surface area (TPSA) is 125 Å². The molecular formula is C21H25Cl2N3O6S. The van der Waals surface area contributed by atoms with Gasteiger partial charge in [0.05, 0.1) is 23.7 Å². The maximum atomic E-state index is 12.5. The molecule has 1 saturated heterocycles. The Balaban J connectivity index is 1.89. The molecule has 0 aliphatic carbocycles. The lowest BCUT2D eigenvalue weighted by atomic mass is 9.95. The van der Waals surface area contributed by atoms with Crippen molar-refractivity contribution in [2.24, 2.45) is 5.92 Å². The van der Waals surface area contributed by atoms with Crippen molar-refractivity contribution in [1.82, 2.24) is 15.5 Å². The first-order valence-electron chi connectivity index (χ1n) is 10.0. The largest absolute Gasteiger partial charge is 0.480 e. The smallest absolute Gasteiger partial charge is 0.406 e. The standard InChI is InChI=1S/C21H25Cl2N3O6S/c1-32-21(31)24-11-14(20(29)30)25-19(28)13-7-9-26(10-8-13)16(27)6-4-12-3-5-15(33-2)18(23)17(12)22/h3-6,13-14H,7-11H2,1-2H3,(H,24,31)(H,25,28)(H,29,30)/t14-/m0/s1. The lowest BCUT2D eigenvalue weighted by Crippen LogP contribution is -2.51. The minimum absolute atomic E-state index is 0.222. The molecule has 1 atom stereocenters. The number of nitrogens with zero attached hydrogens (tertiary/aromatic N) is 1. The molecule has 9 nitrogen and oxygen atoms in total. The normalized spacial score (nSPS) is 15.2. The number of ether oxygens (including phenoxy) is 1. The van der Waals surface area contributed by atoms with E-state index in [1.54, 1.807) is 17.0 Å². The number of rotatable bonds is 8. The van der Waals surface area contributed by atoms with Gasteiger partial charge in [0.1, 0.15) is 6.04 Å². The summed E-state index contributed by atoms with van der Waals surface area (Å²) >= 11 is 14.0. The van der Waals surface area contributed by atoms with Gasteiger partial charge in [-0.15, -0.1) is 11.8 Å². The summed E-state index contributed by atoms with van der Waals surface area (Å²) in [7, 11) is 1.15. The van der Waals surface area contributed by atoms with Crippen LogP contribution in [0.4, 0.5) is 4.79 Å². The lowest BCUT2D eigenvalue weighted by molar-refractivity contribution is -0.142. The molecule has 3 amide bonds. The van der Waals surface area contributed by atoms with Crippen LogP contribution in [0.1, 0.15) is 18.4 Å². The Bertz CT molecular complexity index is 935. The van der Waals surface area contributed by atoms with Gasteiger partial charge in [0.25, 0.3) is 0 Å². The molecule has 0 spiro atoms. The Hall–Kier alpha value is -2.43. The fourth-order valence-electron chi connectivity index (χ4n) is 3.21. The van der Waals surface area contributed by atoms with Crippen LogP contribution in [0, 0.1) is 5.92 Å². The number of alkyl carbamates (subject to hydrolysis) is 1. The number of carbonyl (C=O) groups excluding carboxylic acids is 3. The number of piperidine rings is 1. The predicted octanol–water partition coefficient (Wildman–Crippen LogP) is 2.89. The Labute approximate surface area is 205 Å². The molecule has 0 aromatic heterocycles. The van der Waals surface area contributed by atoms with E-state index in [9.17, 15) is 24.3 Å². The molecule has 12 heteroatoms. The van der Waals surface area contributed by atoms with Crippen LogP contribution in [0.15, 0.2) is 23.1 Å². The van der Waals surface area contributed by atoms with Crippen molar-refractivity contribution >= 4 is 64.9 Å². The number of benzene rings is 1. The van der Waals surface area contributed by atoms with Gasteiger partial charge >= 0.3 is 12.1 Å². The first kappa shape index (κ1) is 26.8. The molecule has 0 unspecified atom stereocenters. The van der Waals surface area contributed by atoms with Crippen LogP contribution in [0.5, 0.6) is 0 Å². The maximum Gasteiger partial charge on any atom is 0.406 e. The SMILES string of the molecule is COC(=O)NC[C@H](NC(=O)C1CCN(C(=O)C=Cc2ccc(SC)c(Cl)c2Cl)CC1)C(=O)O. The van der Waals surface area contributed by atoms with Crippen molar-refractivity contribution in [2.45, 2.75) is 23.8 Å². The van der Waals surface area contributed by atoms with Crippen molar-refractivity contribution in [1.29, 1.82) is 0 Å². The first-order chi connectivity index (χ1) is 15.7. The number of methoxy groups -OCH3 is 1. The number of hydrogen-bond acceptors (Lipinski definition) is 6. The second-order valence-corrected chi connectivity index (χ2v) is 8.79. The minimum atomic E-state index is -1.28. The molecule has 180 valence electrons. The summed E-state index contributed by atoms with van der Waals surface area (Å²) in [4.78, 5) is 49.9. The van der Waals surface area contributed by atoms with Gasteiger partial charge in [0, 0.05) is 30.0 Å². The van der Waals surface area contributed by atoms with E-state index in [1.807, 2.05) is 12.3 Å². The summed E-state index contributed by atoms with van der Waals surface area (Å²) in [6, 6.07) is 2.33. The molecule has 1 heterocycles. The second kappa shape index (κ2) is 12.7. The second-order valence-electron chi connectivity index (χ2n) is 7.19. The fourth-order valence-corrected chi connectivity index (χ4v) is 4.38. The number of likely N-dealkylation sites (tertiary alicyclic amines) is 1. The van der Waals surface area contributed by atoms with Gasteiger partial charge in [-0.2, -0.15) is 0 Å². The Morgan fingerprint density at radius 1 is 1.24 bits per heavy atom. The van der Waals surface area contributed by atoms with Crippen molar-refractivity contribution in [3.63, 3.8) is 0 Å². The van der Waals surface area contributed by atoms with Crippen LogP contribution < -0.4 is 10.6 Å². The number of carboxylic acid groups (broad SMARTS) is 1. The molecule has 33 heavy (non-hydrogen) atoms. The third kappa shape index (κ3) is 7.55. The van der Waals surface area contributed by atoms with Crippen molar-refractivity contribution in [2.75, 3.05) is 33.0 Å². The summed E-state index contributed by atoms with van der Waals surface area (Å²) in [5, 5.41) is 14.7. The Kier molecular flexibility index (Phi) is 10.3. The van der Waals surface area contributed by atoms with Crippen LogP contribution in [0.25, 0.3) is 6.08 Å². The van der Waals surface area contributed by atoms with Crippen LogP contribution in [0.2, 0.25) is 10.0 Å². The number of carbonyl (C=O) groups is 4. The summed E-state index contributed by atoms with van der Waals surface area (Å²) in [5.41, 5.74) is 0.627. The Morgan fingerprint density at radius 2 is 1.91 bits per heavy atom. The van der Waals surface area contributed by atoms with E-state index in [-0.39, 0.29) is 12.5 Å². The number of nitrogens with one attached hydrogen (secondary N) is 2. The zero-order chi connectivity index (χ0) is 24.5. The third-order valence-electron chi connectivity index (χ3n) is 5.13. The van der Waals surface area contributed by atoms with Crippen LogP contribution in [0.3, 0.4) is 0 Å². The van der Waals surface area contributed by atoms with E-state index < -0.39 is 29.9 Å². The number of thioether (sulfide) groups is 1. The van der Waals surface area contributed by atoms with Gasteiger partial charge in [0.2, 0.25) is 11.8 Å². The van der Waals surface area contributed by atoms with E-state index in [0.29, 0.717) is 41.5 Å². The highest BCUT2D eigenvalue weighted by Gasteiger charge is 2.29. The predicted molar refractivity (Wildman–Crippen MR) is 127 cm³/mol.